The summed E-state index contributed by atoms with van der Waals surface area (Å²) >= 11 is 0. The van der Waals surface area contributed by atoms with Gasteiger partial charge in [0.25, 0.3) is 5.91 Å². The Morgan fingerprint density at radius 1 is 1.46 bits per heavy atom. The number of hydrogen-bond acceptors (Lipinski definition) is 3. The number of aromatic nitrogens is 2. The van der Waals surface area contributed by atoms with E-state index < -0.39 is 0 Å². The molecular formula is C18H23FN4O. The third kappa shape index (κ3) is 3.82. The van der Waals surface area contributed by atoms with Crippen LogP contribution in [0, 0.1) is 5.82 Å². The van der Waals surface area contributed by atoms with Gasteiger partial charge in [-0.05, 0) is 38.2 Å². The number of fused-ring (bicyclic) bond motifs is 1. The molecule has 1 aliphatic rings. The van der Waals surface area contributed by atoms with Crippen molar-refractivity contribution >= 4 is 5.91 Å². The second-order valence-electron chi connectivity index (χ2n) is 6.54. The summed E-state index contributed by atoms with van der Waals surface area (Å²) in [7, 11) is 3.93. The van der Waals surface area contributed by atoms with Crippen LogP contribution >= 0.6 is 0 Å². The van der Waals surface area contributed by atoms with E-state index in [0.717, 1.165) is 37.3 Å². The van der Waals surface area contributed by atoms with Crippen LogP contribution in [0.25, 0.3) is 0 Å². The van der Waals surface area contributed by atoms with Crippen LogP contribution in [0.1, 0.15) is 34.2 Å². The molecule has 1 amide bonds. The zero-order valence-electron chi connectivity index (χ0n) is 14.1. The second kappa shape index (κ2) is 7.13. The molecule has 1 unspecified atom stereocenters. The van der Waals surface area contributed by atoms with Gasteiger partial charge in [0, 0.05) is 38.2 Å². The Hall–Kier alpha value is -2.21. The number of carbonyl (C=O) groups excluding carboxylic acids is 1. The summed E-state index contributed by atoms with van der Waals surface area (Å²) in [6, 6.07) is 6.77. The largest absolute Gasteiger partial charge is 0.349 e. The topological polar surface area (TPSA) is 50.2 Å². The first-order valence-electron chi connectivity index (χ1n) is 8.27. The van der Waals surface area contributed by atoms with Crippen molar-refractivity contribution in [2.75, 3.05) is 27.2 Å². The number of imidazole rings is 1. The molecule has 1 atom stereocenters. The molecule has 1 N–H and O–H groups in total. The van der Waals surface area contributed by atoms with E-state index in [2.05, 4.69) is 10.3 Å². The fraction of sp³-hybridized carbons (Fsp3) is 0.444. The van der Waals surface area contributed by atoms with E-state index in [9.17, 15) is 9.18 Å². The number of hydrogen-bond donors (Lipinski definition) is 1. The quantitative estimate of drug-likeness (QED) is 0.913. The molecular weight excluding hydrogens is 307 g/mol. The van der Waals surface area contributed by atoms with Crippen LogP contribution < -0.4 is 5.32 Å². The molecule has 0 saturated carbocycles. The minimum absolute atomic E-state index is 0.138. The molecule has 2 heterocycles. The van der Waals surface area contributed by atoms with E-state index in [1.165, 1.54) is 6.07 Å². The lowest BCUT2D eigenvalue weighted by atomic mass is 9.91. The molecule has 0 bridgehead atoms. The van der Waals surface area contributed by atoms with E-state index >= 15 is 0 Å². The van der Waals surface area contributed by atoms with Gasteiger partial charge in [0.2, 0.25) is 0 Å². The number of benzene rings is 1. The minimum Gasteiger partial charge on any atom is -0.349 e. The summed E-state index contributed by atoms with van der Waals surface area (Å²) in [5, 5.41) is 2.88. The Bertz CT molecular complexity index is 726. The third-order valence-corrected chi connectivity index (χ3v) is 4.39. The van der Waals surface area contributed by atoms with E-state index in [1.807, 2.05) is 35.8 Å². The van der Waals surface area contributed by atoms with Crippen molar-refractivity contribution in [3.05, 3.63) is 53.4 Å². The SMILES string of the molecule is CN(C)CCNC(=O)c1cn2c(n1)CCC(c1cccc(F)c1)C2. The summed E-state index contributed by atoms with van der Waals surface area (Å²) in [6.45, 7) is 2.12. The molecule has 1 aliphatic heterocycles. The molecule has 0 fully saturated rings. The molecule has 1 aromatic carbocycles. The predicted octanol–water partition coefficient (Wildman–Crippen LogP) is 2.04. The number of likely N-dealkylation sites (N-methyl/N-ethyl adjacent to an activating group) is 1. The first-order valence-corrected chi connectivity index (χ1v) is 8.27. The number of carbonyl (C=O) groups is 1. The van der Waals surface area contributed by atoms with Gasteiger partial charge >= 0.3 is 0 Å². The molecule has 0 radical (unpaired) electrons. The second-order valence-corrected chi connectivity index (χ2v) is 6.54. The first kappa shape index (κ1) is 16.6. The highest BCUT2D eigenvalue weighted by molar-refractivity contribution is 5.92. The Labute approximate surface area is 141 Å². The van der Waals surface area contributed by atoms with Crippen LogP contribution in [-0.2, 0) is 13.0 Å². The van der Waals surface area contributed by atoms with Gasteiger partial charge in [-0.3, -0.25) is 4.79 Å². The van der Waals surface area contributed by atoms with Crippen LogP contribution in [-0.4, -0.2) is 47.5 Å². The Kier molecular flexibility index (Phi) is 4.94. The molecule has 0 spiro atoms. The number of aryl methyl sites for hydroxylation is 1. The lowest BCUT2D eigenvalue weighted by Crippen LogP contribution is -2.31. The summed E-state index contributed by atoms with van der Waals surface area (Å²) < 4.78 is 15.5. The number of nitrogens with zero attached hydrogens (tertiary/aromatic N) is 3. The van der Waals surface area contributed by atoms with Gasteiger partial charge in [-0.15, -0.1) is 0 Å². The van der Waals surface area contributed by atoms with Crippen LogP contribution in [0.2, 0.25) is 0 Å². The van der Waals surface area contributed by atoms with Gasteiger partial charge in [0.1, 0.15) is 17.3 Å². The molecule has 5 nitrogen and oxygen atoms in total. The van der Waals surface area contributed by atoms with Crippen LogP contribution in [0.5, 0.6) is 0 Å². The zero-order valence-corrected chi connectivity index (χ0v) is 14.1. The maximum atomic E-state index is 13.4. The highest BCUT2D eigenvalue weighted by Gasteiger charge is 2.23. The van der Waals surface area contributed by atoms with Crippen LogP contribution in [0.15, 0.2) is 30.5 Å². The summed E-state index contributed by atoms with van der Waals surface area (Å²) in [5.74, 6) is 0.846. The molecule has 24 heavy (non-hydrogen) atoms. The highest BCUT2D eigenvalue weighted by Crippen LogP contribution is 2.29. The van der Waals surface area contributed by atoms with Crippen LogP contribution in [0.3, 0.4) is 0 Å². The maximum absolute atomic E-state index is 13.4. The minimum atomic E-state index is -0.204. The lowest BCUT2D eigenvalue weighted by Gasteiger charge is -2.24. The molecule has 2 aromatic rings. The average Bonchev–Trinajstić information content (AvgIpc) is 2.97. The highest BCUT2D eigenvalue weighted by atomic mass is 19.1. The third-order valence-electron chi connectivity index (χ3n) is 4.39. The van der Waals surface area contributed by atoms with Crippen molar-refractivity contribution < 1.29 is 9.18 Å². The normalized spacial score (nSPS) is 16.9. The van der Waals surface area contributed by atoms with Crippen molar-refractivity contribution in [2.24, 2.45) is 0 Å². The van der Waals surface area contributed by atoms with Gasteiger partial charge in [0.15, 0.2) is 0 Å². The van der Waals surface area contributed by atoms with Crippen molar-refractivity contribution in [1.82, 2.24) is 19.8 Å². The molecule has 0 aliphatic carbocycles. The number of amides is 1. The lowest BCUT2D eigenvalue weighted by molar-refractivity contribution is 0.0946. The van der Waals surface area contributed by atoms with Crippen molar-refractivity contribution in [1.29, 1.82) is 0 Å². The van der Waals surface area contributed by atoms with Crippen molar-refractivity contribution in [3.8, 4) is 0 Å². The predicted molar refractivity (Wildman–Crippen MR) is 90.6 cm³/mol. The molecule has 0 saturated heterocycles. The van der Waals surface area contributed by atoms with Crippen molar-refractivity contribution in [3.63, 3.8) is 0 Å². The fourth-order valence-electron chi connectivity index (χ4n) is 3.07. The molecule has 3 rings (SSSR count). The molecule has 1 aromatic heterocycles. The van der Waals surface area contributed by atoms with E-state index in [-0.39, 0.29) is 17.6 Å². The van der Waals surface area contributed by atoms with Gasteiger partial charge in [-0.25, -0.2) is 9.37 Å². The van der Waals surface area contributed by atoms with Crippen molar-refractivity contribution in [2.45, 2.75) is 25.3 Å². The standard InChI is InChI=1S/C18H23FN4O/c1-22(2)9-8-20-18(24)16-12-23-11-14(6-7-17(23)21-16)13-4-3-5-15(19)10-13/h3-5,10,12,14H,6-9,11H2,1-2H3,(H,20,24). The Balaban J connectivity index is 1.67. The van der Waals surface area contributed by atoms with Gasteiger partial charge in [0.05, 0.1) is 0 Å². The Morgan fingerprint density at radius 2 is 2.29 bits per heavy atom. The average molecular weight is 330 g/mol. The zero-order chi connectivity index (χ0) is 17.1. The fourth-order valence-corrected chi connectivity index (χ4v) is 3.07. The van der Waals surface area contributed by atoms with Crippen LogP contribution in [0.4, 0.5) is 4.39 Å². The number of halogens is 1. The smallest absolute Gasteiger partial charge is 0.271 e. The summed E-state index contributed by atoms with van der Waals surface area (Å²) in [5.41, 5.74) is 1.47. The molecule has 6 heteroatoms. The molecule has 128 valence electrons. The number of nitrogens with one attached hydrogen (secondary N) is 1. The van der Waals surface area contributed by atoms with E-state index in [1.54, 1.807) is 12.1 Å². The summed E-state index contributed by atoms with van der Waals surface area (Å²) in [6.07, 6.45) is 3.53. The van der Waals surface area contributed by atoms with E-state index in [0.29, 0.717) is 12.2 Å². The Morgan fingerprint density at radius 3 is 3.04 bits per heavy atom. The van der Waals surface area contributed by atoms with Gasteiger partial charge < -0.3 is 14.8 Å². The maximum Gasteiger partial charge on any atom is 0.271 e. The van der Waals surface area contributed by atoms with Gasteiger partial charge in [-0.1, -0.05) is 12.1 Å². The van der Waals surface area contributed by atoms with Gasteiger partial charge in [-0.2, -0.15) is 0 Å². The number of rotatable bonds is 5. The summed E-state index contributed by atoms with van der Waals surface area (Å²) in [4.78, 5) is 18.7. The monoisotopic (exact) mass is 330 g/mol. The van der Waals surface area contributed by atoms with E-state index in [4.69, 9.17) is 0 Å². The first-order chi connectivity index (χ1) is 11.5.